The van der Waals surface area contributed by atoms with E-state index in [0.29, 0.717) is 17.9 Å². The van der Waals surface area contributed by atoms with Crippen molar-refractivity contribution >= 4 is 0 Å². The maximum atomic E-state index is 10.3. The molecule has 0 radical (unpaired) electrons. The standard InChI is InChI=1S/C6H8O3.CH4/c1-3-5-4(2)8-6(7)9-5;/h3H2,1-2H3;1H4. The predicted molar refractivity (Wildman–Crippen MR) is 38.1 cm³/mol. The number of hydrogen-bond donors (Lipinski definition) is 0. The van der Waals surface area contributed by atoms with E-state index in [0.717, 1.165) is 0 Å². The molecule has 0 aliphatic heterocycles. The molecule has 0 aliphatic carbocycles. The fraction of sp³-hybridized carbons (Fsp3) is 0.571. The molecule has 0 unspecified atom stereocenters. The van der Waals surface area contributed by atoms with Crippen molar-refractivity contribution in [1.29, 1.82) is 0 Å². The molecule has 0 spiro atoms. The van der Waals surface area contributed by atoms with Gasteiger partial charge in [-0.15, -0.1) is 0 Å². The van der Waals surface area contributed by atoms with E-state index >= 15 is 0 Å². The van der Waals surface area contributed by atoms with Crippen molar-refractivity contribution in [2.45, 2.75) is 27.7 Å². The van der Waals surface area contributed by atoms with Crippen LogP contribution in [0.15, 0.2) is 13.6 Å². The van der Waals surface area contributed by atoms with Crippen LogP contribution in [0.5, 0.6) is 0 Å². The first-order valence-corrected chi connectivity index (χ1v) is 2.83. The minimum Gasteiger partial charge on any atom is -0.396 e. The van der Waals surface area contributed by atoms with Crippen LogP contribution in [-0.4, -0.2) is 0 Å². The van der Waals surface area contributed by atoms with Crippen LogP contribution in [0.2, 0.25) is 0 Å². The molecule has 0 amide bonds. The molecule has 58 valence electrons. The molecule has 0 saturated heterocycles. The van der Waals surface area contributed by atoms with E-state index in [1.54, 1.807) is 6.92 Å². The first-order chi connectivity index (χ1) is 4.24. The second kappa shape index (κ2) is 3.25. The smallest absolute Gasteiger partial charge is 0.396 e. The van der Waals surface area contributed by atoms with Gasteiger partial charge in [-0.05, 0) is 6.92 Å². The highest BCUT2D eigenvalue weighted by Gasteiger charge is 2.03. The van der Waals surface area contributed by atoms with Crippen LogP contribution in [0.3, 0.4) is 0 Å². The molecule has 3 nitrogen and oxygen atoms in total. The summed E-state index contributed by atoms with van der Waals surface area (Å²) in [7, 11) is 0. The van der Waals surface area contributed by atoms with Gasteiger partial charge in [-0.25, -0.2) is 4.79 Å². The molecular formula is C7H12O3. The van der Waals surface area contributed by atoms with Gasteiger partial charge in [0.1, 0.15) is 11.5 Å². The highest BCUT2D eigenvalue weighted by atomic mass is 16.6. The number of hydrogen-bond acceptors (Lipinski definition) is 3. The summed E-state index contributed by atoms with van der Waals surface area (Å²) in [6.07, 6.45) is 0.706. The highest BCUT2D eigenvalue weighted by Crippen LogP contribution is 2.03. The van der Waals surface area contributed by atoms with Crippen molar-refractivity contribution in [2.75, 3.05) is 0 Å². The summed E-state index contributed by atoms with van der Waals surface area (Å²) in [5.74, 6) is 0.617. The van der Waals surface area contributed by atoms with Gasteiger partial charge in [0, 0.05) is 6.42 Å². The van der Waals surface area contributed by atoms with E-state index in [1.165, 1.54) is 0 Å². The molecule has 0 N–H and O–H groups in total. The third-order valence-electron chi connectivity index (χ3n) is 1.16. The topological polar surface area (TPSA) is 43.4 Å². The maximum absolute atomic E-state index is 10.3. The Balaban J connectivity index is 0.000000810. The Bertz CT molecular complexity index is 244. The van der Waals surface area contributed by atoms with E-state index in [9.17, 15) is 4.79 Å². The molecule has 0 fully saturated rings. The number of aryl methyl sites for hydroxylation is 2. The molecule has 3 heteroatoms. The van der Waals surface area contributed by atoms with Crippen LogP contribution in [0.4, 0.5) is 0 Å². The van der Waals surface area contributed by atoms with E-state index in [1.807, 2.05) is 6.92 Å². The summed E-state index contributed by atoms with van der Waals surface area (Å²) in [6.45, 7) is 3.62. The van der Waals surface area contributed by atoms with Gasteiger partial charge in [0.25, 0.3) is 0 Å². The average molecular weight is 144 g/mol. The third-order valence-corrected chi connectivity index (χ3v) is 1.16. The Morgan fingerprint density at radius 2 is 2.00 bits per heavy atom. The van der Waals surface area contributed by atoms with Crippen LogP contribution in [-0.2, 0) is 6.42 Å². The molecule has 0 bridgehead atoms. The minimum absolute atomic E-state index is 0. The fourth-order valence-electron chi connectivity index (χ4n) is 0.696. The summed E-state index contributed by atoms with van der Waals surface area (Å²) in [5, 5.41) is 0. The van der Waals surface area contributed by atoms with Crippen LogP contribution in [0, 0.1) is 6.92 Å². The molecular weight excluding hydrogens is 132 g/mol. The monoisotopic (exact) mass is 144 g/mol. The van der Waals surface area contributed by atoms with E-state index in [4.69, 9.17) is 0 Å². The zero-order valence-corrected chi connectivity index (χ0v) is 5.43. The lowest BCUT2D eigenvalue weighted by Crippen LogP contribution is -1.85. The van der Waals surface area contributed by atoms with Gasteiger partial charge in [0.15, 0.2) is 0 Å². The Kier molecular flexibility index (Phi) is 2.93. The zero-order chi connectivity index (χ0) is 6.85. The van der Waals surface area contributed by atoms with Crippen molar-refractivity contribution < 1.29 is 8.83 Å². The Morgan fingerprint density at radius 3 is 2.20 bits per heavy atom. The second-order valence-electron chi connectivity index (χ2n) is 1.79. The largest absolute Gasteiger partial charge is 0.519 e. The highest BCUT2D eigenvalue weighted by molar-refractivity contribution is 4.99. The summed E-state index contributed by atoms with van der Waals surface area (Å²) in [6, 6.07) is 0. The van der Waals surface area contributed by atoms with Crippen LogP contribution >= 0.6 is 0 Å². The van der Waals surface area contributed by atoms with Crippen LogP contribution in [0.1, 0.15) is 25.9 Å². The van der Waals surface area contributed by atoms with E-state index in [2.05, 4.69) is 8.83 Å². The number of rotatable bonds is 1. The van der Waals surface area contributed by atoms with Gasteiger partial charge < -0.3 is 8.83 Å². The lowest BCUT2D eigenvalue weighted by Gasteiger charge is -1.82. The summed E-state index contributed by atoms with van der Waals surface area (Å²) in [4.78, 5) is 10.3. The van der Waals surface area contributed by atoms with E-state index in [-0.39, 0.29) is 7.43 Å². The summed E-state index contributed by atoms with van der Waals surface area (Å²) >= 11 is 0. The summed E-state index contributed by atoms with van der Waals surface area (Å²) in [5.41, 5.74) is 0. The van der Waals surface area contributed by atoms with Crippen LogP contribution in [0.25, 0.3) is 0 Å². The van der Waals surface area contributed by atoms with Crippen molar-refractivity contribution in [1.82, 2.24) is 0 Å². The molecule has 0 aromatic carbocycles. The summed E-state index contributed by atoms with van der Waals surface area (Å²) < 4.78 is 9.22. The van der Waals surface area contributed by atoms with Crippen molar-refractivity contribution in [3.05, 3.63) is 22.1 Å². The quantitative estimate of drug-likeness (QED) is 0.603. The first kappa shape index (κ1) is 9.01. The SMILES string of the molecule is C.CCc1oc(=O)oc1C. The first-order valence-electron chi connectivity index (χ1n) is 2.83. The Morgan fingerprint density at radius 1 is 1.40 bits per heavy atom. The van der Waals surface area contributed by atoms with Gasteiger partial charge in [-0.1, -0.05) is 14.4 Å². The third kappa shape index (κ3) is 1.50. The average Bonchev–Trinajstić information content (AvgIpc) is 2.10. The Labute approximate surface area is 59.7 Å². The maximum Gasteiger partial charge on any atom is 0.519 e. The molecule has 0 saturated carbocycles. The van der Waals surface area contributed by atoms with Gasteiger partial charge >= 0.3 is 5.82 Å². The van der Waals surface area contributed by atoms with Crippen LogP contribution < -0.4 is 5.82 Å². The second-order valence-corrected chi connectivity index (χ2v) is 1.79. The fourth-order valence-corrected chi connectivity index (χ4v) is 0.696. The molecule has 0 aliphatic rings. The van der Waals surface area contributed by atoms with E-state index < -0.39 is 5.82 Å². The van der Waals surface area contributed by atoms with Crippen molar-refractivity contribution in [3.8, 4) is 0 Å². The molecule has 10 heavy (non-hydrogen) atoms. The van der Waals surface area contributed by atoms with Gasteiger partial charge in [0.2, 0.25) is 0 Å². The zero-order valence-electron chi connectivity index (χ0n) is 5.43. The lowest BCUT2D eigenvalue weighted by molar-refractivity contribution is 0.370. The predicted octanol–water partition coefficient (Wildman–Crippen LogP) is 1.74. The van der Waals surface area contributed by atoms with Gasteiger partial charge in [0.05, 0.1) is 0 Å². The molecule has 0 atom stereocenters. The Hall–Kier alpha value is -0.990. The van der Waals surface area contributed by atoms with Gasteiger partial charge in [-0.3, -0.25) is 0 Å². The molecule has 1 heterocycles. The molecule has 1 rings (SSSR count). The van der Waals surface area contributed by atoms with Gasteiger partial charge in [-0.2, -0.15) is 0 Å². The molecule has 1 aromatic rings. The molecule has 1 aromatic heterocycles. The normalized spacial score (nSPS) is 9.00. The lowest BCUT2D eigenvalue weighted by atomic mass is 10.3. The van der Waals surface area contributed by atoms with Crippen molar-refractivity contribution in [3.63, 3.8) is 0 Å². The minimum atomic E-state index is -0.607. The van der Waals surface area contributed by atoms with Crippen molar-refractivity contribution in [2.24, 2.45) is 0 Å².